The van der Waals surface area contributed by atoms with Crippen LogP contribution >= 0.6 is 22.7 Å². The van der Waals surface area contributed by atoms with E-state index in [9.17, 15) is 9.59 Å². The van der Waals surface area contributed by atoms with Crippen molar-refractivity contribution in [1.82, 2.24) is 14.4 Å². The summed E-state index contributed by atoms with van der Waals surface area (Å²) in [6.45, 7) is 7.48. The van der Waals surface area contributed by atoms with Crippen molar-refractivity contribution in [3.05, 3.63) is 42.5 Å². The number of carbonyl (C=O) groups excluding carboxylic acids is 1. The third kappa shape index (κ3) is 3.07. The lowest BCUT2D eigenvalue weighted by Gasteiger charge is -2.12. The van der Waals surface area contributed by atoms with E-state index in [0.717, 1.165) is 16.3 Å². The van der Waals surface area contributed by atoms with E-state index in [1.165, 1.54) is 17.4 Å². The van der Waals surface area contributed by atoms with Gasteiger partial charge < -0.3 is 4.98 Å². The number of nitrogens with zero attached hydrogens (tertiary/aromatic N) is 2. The highest BCUT2D eigenvalue weighted by Gasteiger charge is 2.18. The lowest BCUT2D eigenvalue weighted by atomic mass is 9.91. The molecule has 5 nitrogen and oxygen atoms in total. The molecule has 0 aliphatic rings. The number of aromatic nitrogens is 3. The summed E-state index contributed by atoms with van der Waals surface area (Å²) in [4.78, 5) is 32.3. The van der Waals surface area contributed by atoms with Gasteiger partial charge in [-0.3, -0.25) is 14.0 Å². The number of rotatable bonds is 2. The molecule has 1 N–H and O–H groups in total. The highest BCUT2D eigenvalue weighted by molar-refractivity contribution is 7.15. The number of H-pyrrole nitrogens is 1. The third-order valence-corrected chi connectivity index (χ3v) is 5.15. The number of aryl methyl sites for hydroxylation is 1. The quantitative estimate of drug-likeness (QED) is 0.767. The van der Waals surface area contributed by atoms with Crippen molar-refractivity contribution in [3.63, 3.8) is 0 Å². The average molecular weight is 347 g/mol. The molecule has 7 heteroatoms. The molecule has 3 rings (SSSR count). The molecule has 0 atom stereocenters. The van der Waals surface area contributed by atoms with E-state index in [2.05, 4.69) is 9.97 Å². The van der Waals surface area contributed by atoms with E-state index in [1.807, 2.05) is 49.7 Å². The van der Waals surface area contributed by atoms with E-state index in [1.54, 1.807) is 11.3 Å². The van der Waals surface area contributed by atoms with Crippen molar-refractivity contribution in [2.45, 2.75) is 27.7 Å². The zero-order valence-electron chi connectivity index (χ0n) is 13.3. The van der Waals surface area contributed by atoms with Crippen molar-refractivity contribution in [3.8, 4) is 0 Å². The molecule has 3 aromatic rings. The Bertz CT molecular complexity index is 1060. The van der Waals surface area contributed by atoms with E-state index < -0.39 is 5.41 Å². The first-order chi connectivity index (χ1) is 10.8. The monoisotopic (exact) mass is 347 g/mol. The van der Waals surface area contributed by atoms with Crippen LogP contribution < -0.4 is 14.8 Å². The van der Waals surface area contributed by atoms with Crippen LogP contribution in [0.3, 0.4) is 0 Å². The van der Waals surface area contributed by atoms with Crippen LogP contribution in [-0.2, 0) is 4.79 Å². The molecule has 23 heavy (non-hydrogen) atoms. The fourth-order valence-corrected chi connectivity index (χ4v) is 3.70. The van der Waals surface area contributed by atoms with Crippen LogP contribution in [0.1, 0.15) is 32.2 Å². The maximum Gasteiger partial charge on any atom is 0.266 e. The van der Waals surface area contributed by atoms with Gasteiger partial charge in [-0.05, 0) is 13.0 Å². The minimum absolute atomic E-state index is 0.0118. The molecular weight excluding hydrogens is 330 g/mol. The van der Waals surface area contributed by atoms with Gasteiger partial charge >= 0.3 is 0 Å². The number of Topliss-reactive ketones (excluding diaryl/α,β-unsaturated/α-hetero) is 1. The first kappa shape index (κ1) is 15.9. The van der Waals surface area contributed by atoms with Gasteiger partial charge in [-0.2, -0.15) is 0 Å². The zero-order valence-corrected chi connectivity index (χ0v) is 15.0. The summed E-state index contributed by atoms with van der Waals surface area (Å²) in [5.41, 5.74) is 1.12. The van der Waals surface area contributed by atoms with Crippen molar-refractivity contribution in [1.29, 1.82) is 0 Å². The van der Waals surface area contributed by atoms with Crippen LogP contribution in [0.25, 0.3) is 17.1 Å². The van der Waals surface area contributed by atoms with Gasteiger partial charge in [-0.25, -0.2) is 4.98 Å². The first-order valence-corrected chi connectivity index (χ1v) is 8.84. The van der Waals surface area contributed by atoms with Crippen LogP contribution in [0.15, 0.2) is 16.4 Å². The Morgan fingerprint density at radius 2 is 2.13 bits per heavy atom. The molecule has 0 unspecified atom stereocenters. The summed E-state index contributed by atoms with van der Waals surface area (Å²) in [6.07, 6.45) is 5.26. The molecule has 0 bridgehead atoms. The minimum Gasteiger partial charge on any atom is -0.313 e. The molecule has 0 saturated heterocycles. The largest absolute Gasteiger partial charge is 0.313 e. The SMILES string of the molecule is Cc1nc2sccn2c1/C=c1\s/c(=C\C(=O)C(C)(C)C)[nH]c1=O. The minimum atomic E-state index is -0.463. The highest BCUT2D eigenvalue weighted by atomic mass is 32.1. The Morgan fingerprint density at radius 1 is 1.39 bits per heavy atom. The number of fused-ring (bicyclic) bond motifs is 1. The van der Waals surface area contributed by atoms with Crippen molar-refractivity contribution in [2.75, 3.05) is 0 Å². The van der Waals surface area contributed by atoms with Gasteiger partial charge in [-0.1, -0.05) is 20.8 Å². The second kappa shape index (κ2) is 5.58. The zero-order chi connectivity index (χ0) is 16.8. The van der Waals surface area contributed by atoms with Gasteiger partial charge in [0.15, 0.2) is 10.7 Å². The van der Waals surface area contributed by atoms with Gasteiger partial charge in [-0.15, -0.1) is 22.7 Å². The molecule has 0 fully saturated rings. The van der Waals surface area contributed by atoms with Crippen LogP contribution in [0, 0.1) is 12.3 Å². The summed E-state index contributed by atoms with van der Waals surface area (Å²) in [6, 6.07) is 0. The topological polar surface area (TPSA) is 67.2 Å². The Kier molecular flexibility index (Phi) is 3.85. The summed E-state index contributed by atoms with van der Waals surface area (Å²) in [5.74, 6) is -0.0118. The number of imidazole rings is 1. The van der Waals surface area contributed by atoms with Gasteiger partial charge in [0.1, 0.15) is 0 Å². The first-order valence-electron chi connectivity index (χ1n) is 7.15. The Balaban J connectivity index is 2.13. The number of hydrogen-bond donors (Lipinski definition) is 1. The standard InChI is InChI=1S/C16H17N3O2S2/c1-9-10(19-5-6-22-15(19)17-9)7-11-14(21)18-13(23-11)8-12(20)16(2,3)4/h5-8H,1-4H3,(H,18,21)/b11-7-,13-8-. The molecule has 0 aliphatic carbocycles. The van der Waals surface area contributed by atoms with Gasteiger partial charge in [0, 0.05) is 23.1 Å². The Hall–Kier alpha value is -1.99. The second-order valence-corrected chi connectivity index (χ2v) is 8.28. The van der Waals surface area contributed by atoms with Gasteiger partial charge in [0.25, 0.3) is 5.56 Å². The van der Waals surface area contributed by atoms with Crippen LogP contribution in [-0.4, -0.2) is 20.2 Å². The van der Waals surface area contributed by atoms with E-state index >= 15 is 0 Å². The molecule has 3 aromatic heterocycles. The molecule has 0 aliphatic heterocycles. The molecule has 0 saturated carbocycles. The maximum atomic E-state index is 12.1. The van der Waals surface area contributed by atoms with Gasteiger partial charge in [0.05, 0.1) is 20.6 Å². The number of thiazole rings is 2. The average Bonchev–Trinajstić information content (AvgIpc) is 3.08. The van der Waals surface area contributed by atoms with E-state index in [4.69, 9.17) is 0 Å². The molecule has 0 amide bonds. The van der Waals surface area contributed by atoms with E-state index in [-0.39, 0.29) is 11.3 Å². The summed E-state index contributed by atoms with van der Waals surface area (Å²) >= 11 is 2.84. The highest BCUT2D eigenvalue weighted by Crippen LogP contribution is 2.17. The van der Waals surface area contributed by atoms with E-state index in [0.29, 0.717) is 9.20 Å². The lowest BCUT2D eigenvalue weighted by Crippen LogP contribution is -2.22. The van der Waals surface area contributed by atoms with Gasteiger partial charge in [0.2, 0.25) is 0 Å². The smallest absolute Gasteiger partial charge is 0.266 e. The number of carbonyl (C=O) groups is 1. The van der Waals surface area contributed by atoms with Crippen LogP contribution in [0.5, 0.6) is 0 Å². The van der Waals surface area contributed by atoms with Crippen molar-refractivity contribution < 1.29 is 4.79 Å². The third-order valence-electron chi connectivity index (χ3n) is 3.43. The number of nitrogens with one attached hydrogen (secondary N) is 1. The number of aromatic amines is 1. The summed E-state index contributed by atoms with van der Waals surface area (Å²) in [7, 11) is 0. The van der Waals surface area contributed by atoms with Crippen LogP contribution in [0.4, 0.5) is 0 Å². The van der Waals surface area contributed by atoms with Crippen molar-refractivity contribution in [2.24, 2.45) is 5.41 Å². The normalized spacial score (nSPS) is 14.1. The summed E-state index contributed by atoms with van der Waals surface area (Å²) < 4.78 is 3.10. The molecule has 3 heterocycles. The predicted octanol–water partition coefficient (Wildman–Crippen LogP) is 1.68. The molecular formula is C16H17N3O2S2. The predicted molar refractivity (Wildman–Crippen MR) is 94.5 cm³/mol. The fourth-order valence-electron chi connectivity index (χ4n) is 2.07. The second-order valence-electron chi connectivity index (χ2n) is 6.33. The molecule has 0 aromatic carbocycles. The molecule has 0 spiro atoms. The molecule has 0 radical (unpaired) electrons. The Morgan fingerprint density at radius 3 is 2.83 bits per heavy atom. The Labute approximate surface area is 140 Å². The maximum absolute atomic E-state index is 12.1. The lowest BCUT2D eigenvalue weighted by molar-refractivity contribution is -0.119. The fraction of sp³-hybridized carbons (Fsp3) is 0.312. The van der Waals surface area contributed by atoms with Crippen molar-refractivity contribution >= 4 is 45.6 Å². The molecule has 120 valence electrons. The van der Waals surface area contributed by atoms with Crippen LogP contribution in [0.2, 0.25) is 0 Å². The number of ketones is 1. The summed E-state index contributed by atoms with van der Waals surface area (Å²) in [5, 5.41) is 1.96. The number of hydrogen-bond acceptors (Lipinski definition) is 5.